The molecule has 0 spiro atoms. The molecule has 0 radical (unpaired) electrons. The van der Waals surface area contributed by atoms with Crippen LogP contribution >= 0.6 is 0 Å². The maximum Gasteiger partial charge on any atom is 0.323 e. The van der Waals surface area contributed by atoms with E-state index in [2.05, 4.69) is 24.5 Å². The molecule has 98 valence electrons. The maximum atomic E-state index is 12.3. The molecule has 1 unspecified atom stereocenters. The van der Waals surface area contributed by atoms with Crippen molar-refractivity contribution in [3.05, 3.63) is 30.3 Å². The van der Waals surface area contributed by atoms with Gasteiger partial charge in [-0.1, -0.05) is 32.0 Å². The Hall–Kier alpha value is -1.55. The van der Waals surface area contributed by atoms with E-state index in [1.54, 1.807) is 0 Å². The average Bonchev–Trinajstić information content (AvgIpc) is 2.40. The number of amides is 2. The molecule has 1 fully saturated rings. The summed E-state index contributed by atoms with van der Waals surface area (Å²) in [4.78, 5) is 14.1. The smallest absolute Gasteiger partial charge is 0.309 e. The zero-order valence-electron chi connectivity index (χ0n) is 11.0. The molecule has 1 aromatic carbocycles. The minimum Gasteiger partial charge on any atom is -0.309 e. The first-order chi connectivity index (χ1) is 8.68. The summed E-state index contributed by atoms with van der Waals surface area (Å²) >= 11 is 0. The molecule has 4 nitrogen and oxygen atoms in total. The number of urea groups is 1. The second kappa shape index (κ2) is 5.87. The highest BCUT2D eigenvalue weighted by molar-refractivity contribution is 5.89. The van der Waals surface area contributed by atoms with Gasteiger partial charge in [-0.25, -0.2) is 4.79 Å². The van der Waals surface area contributed by atoms with Crippen LogP contribution in [0.25, 0.3) is 0 Å². The second-order valence-electron chi connectivity index (χ2n) is 4.99. The highest BCUT2D eigenvalue weighted by atomic mass is 16.2. The number of carbonyl (C=O) groups excluding carboxylic acids is 1. The van der Waals surface area contributed by atoms with Gasteiger partial charge in [0.15, 0.2) is 0 Å². The first-order valence-electron chi connectivity index (χ1n) is 6.54. The van der Waals surface area contributed by atoms with Gasteiger partial charge >= 0.3 is 6.03 Å². The van der Waals surface area contributed by atoms with Gasteiger partial charge in [0.2, 0.25) is 0 Å². The standard InChI is InChI=1S/C14H21N3O/c1-11(2)13-15-9-6-10-17(13)14(18)16-12-7-4-3-5-8-12/h3-5,7-8,11,13,15H,6,9-10H2,1-2H3,(H,16,18). The quantitative estimate of drug-likeness (QED) is 0.843. The number of carbonyl (C=O) groups is 1. The normalized spacial score (nSPS) is 19.9. The number of benzene rings is 1. The lowest BCUT2D eigenvalue weighted by atomic mass is 10.1. The fourth-order valence-corrected chi connectivity index (χ4v) is 2.29. The first kappa shape index (κ1) is 12.9. The van der Waals surface area contributed by atoms with Crippen LogP contribution in [0.4, 0.5) is 10.5 Å². The van der Waals surface area contributed by atoms with Crippen LogP contribution in [0.1, 0.15) is 20.3 Å². The largest absolute Gasteiger partial charge is 0.323 e. The molecule has 1 aliphatic rings. The molecule has 0 aliphatic carbocycles. The highest BCUT2D eigenvalue weighted by Gasteiger charge is 2.28. The third-order valence-corrected chi connectivity index (χ3v) is 3.18. The SMILES string of the molecule is CC(C)C1NCCCN1C(=O)Nc1ccccc1. The summed E-state index contributed by atoms with van der Waals surface area (Å²) in [5.74, 6) is 0.409. The molecule has 0 saturated carbocycles. The van der Waals surface area contributed by atoms with Gasteiger partial charge in [-0.15, -0.1) is 0 Å². The summed E-state index contributed by atoms with van der Waals surface area (Å²) in [7, 11) is 0. The number of nitrogens with one attached hydrogen (secondary N) is 2. The third-order valence-electron chi connectivity index (χ3n) is 3.18. The van der Waals surface area contributed by atoms with E-state index < -0.39 is 0 Å². The van der Waals surface area contributed by atoms with Crippen LogP contribution in [-0.4, -0.2) is 30.2 Å². The van der Waals surface area contributed by atoms with Crippen molar-refractivity contribution in [1.29, 1.82) is 0 Å². The van der Waals surface area contributed by atoms with E-state index >= 15 is 0 Å². The number of nitrogens with zero attached hydrogens (tertiary/aromatic N) is 1. The van der Waals surface area contributed by atoms with Gasteiger partial charge < -0.3 is 10.2 Å². The van der Waals surface area contributed by atoms with E-state index in [4.69, 9.17) is 0 Å². The van der Waals surface area contributed by atoms with Crippen LogP contribution in [-0.2, 0) is 0 Å². The zero-order valence-corrected chi connectivity index (χ0v) is 11.0. The summed E-state index contributed by atoms with van der Waals surface area (Å²) in [5.41, 5.74) is 0.843. The molecule has 18 heavy (non-hydrogen) atoms. The van der Waals surface area contributed by atoms with E-state index in [1.165, 1.54) is 0 Å². The lowest BCUT2D eigenvalue weighted by molar-refractivity contribution is 0.124. The molecule has 0 aromatic heterocycles. The maximum absolute atomic E-state index is 12.3. The minimum absolute atomic E-state index is 0.0212. The van der Waals surface area contributed by atoms with Crippen molar-refractivity contribution in [2.45, 2.75) is 26.4 Å². The Morgan fingerprint density at radius 3 is 2.78 bits per heavy atom. The van der Waals surface area contributed by atoms with Crippen molar-refractivity contribution in [1.82, 2.24) is 10.2 Å². The highest BCUT2D eigenvalue weighted by Crippen LogP contribution is 2.15. The average molecular weight is 247 g/mol. The Labute approximate surface area is 108 Å². The fraction of sp³-hybridized carbons (Fsp3) is 0.500. The molecule has 4 heteroatoms. The van der Waals surface area contributed by atoms with E-state index in [-0.39, 0.29) is 12.2 Å². The van der Waals surface area contributed by atoms with Crippen LogP contribution in [0.15, 0.2) is 30.3 Å². The lowest BCUT2D eigenvalue weighted by Gasteiger charge is -2.38. The van der Waals surface area contributed by atoms with E-state index in [1.807, 2.05) is 35.2 Å². The zero-order chi connectivity index (χ0) is 13.0. The van der Waals surface area contributed by atoms with Gasteiger partial charge in [0, 0.05) is 12.2 Å². The van der Waals surface area contributed by atoms with Gasteiger partial charge in [0.25, 0.3) is 0 Å². The van der Waals surface area contributed by atoms with Crippen LogP contribution in [0.5, 0.6) is 0 Å². The monoisotopic (exact) mass is 247 g/mol. The molecular formula is C14H21N3O. The predicted octanol–water partition coefficient (Wildman–Crippen LogP) is 2.50. The Balaban J connectivity index is 2.02. The molecule has 1 aliphatic heterocycles. The van der Waals surface area contributed by atoms with Gasteiger partial charge in [-0.05, 0) is 31.0 Å². The van der Waals surface area contributed by atoms with Crippen molar-refractivity contribution >= 4 is 11.7 Å². The van der Waals surface area contributed by atoms with E-state index in [0.717, 1.165) is 25.2 Å². The minimum atomic E-state index is -0.0212. The van der Waals surface area contributed by atoms with Crippen molar-refractivity contribution < 1.29 is 4.79 Å². The number of para-hydroxylation sites is 1. The summed E-state index contributed by atoms with van der Waals surface area (Å²) in [6.07, 6.45) is 1.13. The van der Waals surface area contributed by atoms with Crippen LogP contribution in [0.2, 0.25) is 0 Å². The van der Waals surface area contributed by atoms with Crippen molar-refractivity contribution in [2.75, 3.05) is 18.4 Å². The Bertz CT molecular complexity index is 391. The molecule has 2 amide bonds. The van der Waals surface area contributed by atoms with Gasteiger partial charge in [0.1, 0.15) is 0 Å². The van der Waals surface area contributed by atoms with Crippen molar-refractivity contribution in [2.24, 2.45) is 5.92 Å². The van der Waals surface area contributed by atoms with Gasteiger partial charge in [0.05, 0.1) is 6.17 Å². The summed E-state index contributed by atoms with van der Waals surface area (Å²) < 4.78 is 0. The lowest BCUT2D eigenvalue weighted by Crippen LogP contribution is -2.57. The van der Waals surface area contributed by atoms with Crippen LogP contribution in [0, 0.1) is 5.92 Å². The number of anilines is 1. The molecule has 2 N–H and O–H groups in total. The summed E-state index contributed by atoms with van der Waals surface area (Å²) in [6, 6.07) is 9.56. The second-order valence-corrected chi connectivity index (χ2v) is 4.99. The molecule has 0 bridgehead atoms. The molecular weight excluding hydrogens is 226 g/mol. The fourth-order valence-electron chi connectivity index (χ4n) is 2.29. The number of rotatable bonds is 2. The predicted molar refractivity (Wildman–Crippen MR) is 73.4 cm³/mol. The topological polar surface area (TPSA) is 44.4 Å². The Morgan fingerprint density at radius 1 is 1.39 bits per heavy atom. The molecule has 1 aromatic rings. The molecule has 2 rings (SSSR count). The van der Waals surface area contributed by atoms with Gasteiger partial charge in [-0.2, -0.15) is 0 Å². The summed E-state index contributed by atoms with van der Waals surface area (Å²) in [6.45, 7) is 6.06. The molecule has 1 heterocycles. The van der Waals surface area contributed by atoms with Crippen molar-refractivity contribution in [3.8, 4) is 0 Å². The number of hydrogen-bond acceptors (Lipinski definition) is 2. The van der Waals surface area contributed by atoms with Crippen LogP contribution in [0.3, 0.4) is 0 Å². The Kier molecular flexibility index (Phi) is 4.20. The molecule has 1 atom stereocenters. The first-order valence-corrected chi connectivity index (χ1v) is 6.54. The van der Waals surface area contributed by atoms with E-state index in [0.29, 0.717) is 5.92 Å². The third kappa shape index (κ3) is 3.01. The van der Waals surface area contributed by atoms with E-state index in [9.17, 15) is 4.79 Å². The number of hydrogen-bond donors (Lipinski definition) is 2. The van der Waals surface area contributed by atoms with Crippen LogP contribution < -0.4 is 10.6 Å². The van der Waals surface area contributed by atoms with Crippen molar-refractivity contribution in [3.63, 3.8) is 0 Å². The summed E-state index contributed by atoms with van der Waals surface area (Å²) in [5, 5.41) is 6.34. The Morgan fingerprint density at radius 2 is 2.11 bits per heavy atom. The molecule has 1 saturated heterocycles. The van der Waals surface area contributed by atoms with Gasteiger partial charge in [-0.3, -0.25) is 5.32 Å².